The summed E-state index contributed by atoms with van der Waals surface area (Å²) in [5.74, 6) is 0.988. The molecule has 0 unspecified atom stereocenters. The van der Waals surface area contributed by atoms with Crippen LogP contribution < -0.4 is 26.2 Å². The van der Waals surface area contributed by atoms with E-state index in [2.05, 4.69) is 29.1 Å². The number of benzene rings is 2. The van der Waals surface area contributed by atoms with Gasteiger partial charge in [0.05, 0.1) is 11.1 Å². The largest absolute Gasteiger partial charge is 0.489 e. The van der Waals surface area contributed by atoms with Crippen LogP contribution in [0.5, 0.6) is 17.4 Å². The molecule has 10 nitrogen and oxygen atoms in total. The third-order valence-corrected chi connectivity index (χ3v) is 5.94. The standard InChI is InChI=1S/C27H31N5O5/c1-27(2,13-17-7-10-20(11-8-17)37-23-12-9-18(14-29-23)25(28)34)30-15-19(33)16-36-22-6-4-5-21-24(22)32(3)26(35)31-21/h4-12,14,19,30,33H,13,15-16H2,1-3H3,(H2,28,34)(H,31,35)/t19-/m0/s1. The zero-order valence-electron chi connectivity index (χ0n) is 21.0. The first-order valence-corrected chi connectivity index (χ1v) is 11.9. The molecule has 5 N–H and O–H groups in total. The van der Waals surface area contributed by atoms with Crippen molar-refractivity contribution < 1.29 is 19.4 Å². The Morgan fingerprint density at radius 1 is 1.19 bits per heavy atom. The molecule has 0 fully saturated rings. The number of aliphatic hydroxyl groups is 1. The predicted molar refractivity (Wildman–Crippen MR) is 140 cm³/mol. The molecule has 2 heterocycles. The van der Waals surface area contributed by atoms with Crippen LogP contribution in [0.1, 0.15) is 29.8 Å². The summed E-state index contributed by atoms with van der Waals surface area (Å²) in [5, 5.41) is 13.9. The lowest BCUT2D eigenvalue weighted by molar-refractivity contribution is 0.0993. The maximum Gasteiger partial charge on any atom is 0.326 e. The summed E-state index contributed by atoms with van der Waals surface area (Å²) >= 11 is 0. The van der Waals surface area contributed by atoms with Gasteiger partial charge in [-0.1, -0.05) is 18.2 Å². The topological polar surface area (TPSA) is 144 Å². The number of aryl methyl sites for hydroxylation is 1. The van der Waals surface area contributed by atoms with Gasteiger partial charge in [-0.25, -0.2) is 9.78 Å². The average Bonchev–Trinajstić information content (AvgIpc) is 3.16. The van der Waals surface area contributed by atoms with E-state index in [1.165, 1.54) is 10.8 Å². The molecule has 2 aromatic carbocycles. The number of aromatic nitrogens is 3. The molecule has 4 rings (SSSR count). The van der Waals surface area contributed by atoms with Crippen LogP contribution in [0.25, 0.3) is 11.0 Å². The maximum absolute atomic E-state index is 11.9. The second-order valence-electron chi connectivity index (χ2n) is 9.54. The maximum atomic E-state index is 11.9. The van der Waals surface area contributed by atoms with E-state index in [4.69, 9.17) is 15.2 Å². The lowest BCUT2D eigenvalue weighted by Crippen LogP contribution is -2.46. The smallest absolute Gasteiger partial charge is 0.326 e. The molecular weight excluding hydrogens is 474 g/mol. The number of hydrogen-bond donors (Lipinski definition) is 4. The number of hydrogen-bond acceptors (Lipinski definition) is 7. The Morgan fingerprint density at radius 2 is 1.95 bits per heavy atom. The number of carbonyl (C=O) groups excluding carboxylic acids is 1. The zero-order chi connectivity index (χ0) is 26.6. The number of carbonyl (C=O) groups is 1. The molecule has 0 spiro atoms. The fourth-order valence-electron chi connectivity index (χ4n) is 3.98. The van der Waals surface area contributed by atoms with Crippen molar-refractivity contribution in [2.24, 2.45) is 12.8 Å². The number of para-hydroxylation sites is 1. The van der Waals surface area contributed by atoms with Gasteiger partial charge in [-0.2, -0.15) is 0 Å². The van der Waals surface area contributed by atoms with Crippen molar-refractivity contribution in [3.63, 3.8) is 0 Å². The van der Waals surface area contributed by atoms with E-state index in [9.17, 15) is 14.7 Å². The first-order chi connectivity index (χ1) is 17.6. The highest BCUT2D eigenvalue weighted by Gasteiger charge is 2.20. The number of aromatic amines is 1. The van der Waals surface area contributed by atoms with Gasteiger partial charge < -0.3 is 30.6 Å². The van der Waals surface area contributed by atoms with Crippen molar-refractivity contribution in [3.05, 3.63) is 82.4 Å². The van der Waals surface area contributed by atoms with Gasteiger partial charge in [-0.3, -0.25) is 9.36 Å². The van der Waals surface area contributed by atoms with E-state index in [1.54, 1.807) is 31.3 Å². The van der Waals surface area contributed by atoms with Crippen molar-refractivity contribution in [1.82, 2.24) is 19.9 Å². The number of primary amides is 1. The summed E-state index contributed by atoms with van der Waals surface area (Å²) in [4.78, 5) is 29.9. The van der Waals surface area contributed by atoms with Crippen molar-refractivity contribution in [1.29, 1.82) is 0 Å². The highest BCUT2D eigenvalue weighted by atomic mass is 16.5. The van der Waals surface area contributed by atoms with Crippen LogP contribution in [-0.4, -0.2) is 50.3 Å². The zero-order valence-corrected chi connectivity index (χ0v) is 21.0. The molecule has 194 valence electrons. The third-order valence-electron chi connectivity index (χ3n) is 5.94. The van der Waals surface area contributed by atoms with Crippen LogP contribution in [0, 0.1) is 0 Å². The number of β-amino-alcohol motifs (C(OH)–C–C–N with tert-alkyl or cyclic N) is 1. The predicted octanol–water partition coefficient (Wildman–Crippen LogP) is 2.50. The molecule has 4 aromatic rings. The van der Waals surface area contributed by atoms with Crippen LogP contribution in [0.4, 0.5) is 0 Å². The Hall–Kier alpha value is -4.15. The van der Waals surface area contributed by atoms with Gasteiger partial charge in [0.25, 0.3) is 0 Å². The molecule has 1 atom stereocenters. The minimum Gasteiger partial charge on any atom is -0.489 e. The highest BCUT2D eigenvalue weighted by molar-refractivity contribution is 5.92. The number of H-pyrrole nitrogens is 1. The summed E-state index contributed by atoms with van der Waals surface area (Å²) in [7, 11) is 1.67. The molecule has 0 aliphatic rings. The van der Waals surface area contributed by atoms with Crippen molar-refractivity contribution in [2.75, 3.05) is 13.2 Å². The van der Waals surface area contributed by atoms with E-state index in [0.717, 1.165) is 12.0 Å². The van der Waals surface area contributed by atoms with Crippen LogP contribution >= 0.6 is 0 Å². The van der Waals surface area contributed by atoms with E-state index < -0.39 is 12.0 Å². The molecule has 0 bridgehead atoms. The molecule has 0 aliphatic carbocycles. The minimum atomic E-state index is -0.741. The molecule has 10 heteroatoms. The van der Waals surface area contributed by atoms with Gasteiger partial charge >= 0.3 is 5.69 Å². The number of nitrogens with zero attached hydrogens (tertiary/aromatic N) is 2. The number of ether oxygens (including phenoxy) is 2. The summed E-state index contributed by atoms with van der Waals surface area (Å²) in [6.45, 7) is 4.54. The van der Waals surface area contributed by atoms with Crippen LogP contribution in [-0.2, 0) is 13.5 Å². The lowest BCUT2D eigenvalue weighted by atomic mass is 9.94. The molecule has 0 saturated heterocycles. The van der Waals surface area contributed by atoms with Crippen molar-refractivity contribution in [2.45, 2.75) is 31.9 Å². The Bertz CT molecular complexity index is 1420. The SMILES string of the molecule is Cn1c(=O)[nH]c2cccc(OC[C@@H](O)CNC(C)(C)Cc3ccc(Oc4ccc(C(N)=O)cn4)cc3)c21. The second kappa shape index (κ2) is 10.9. The number of pyridine rings is 1. The lowest BCUT2D eigenvalue weighted by Gasteiger charge is -2.28. The molecule has 0 aliphatic heterocycles. The van der Waals surface area contributed by atoms with Crippen LogP contribution in [0.2, 0.25) is 0 Å². The number of imidazole rings is 1. The first-order valence-electron chi connectivity index (χ1n) is 11.9. The summed E-state index contributed by atoms with van der Waals surface area (Å²) in [6.07, 6.45) is 1.36. The Kier molecular flexibility index (Phi) is 7.61. The van der Waals surface area contributed by atoms with Gasteiger partial charge in [0.15, 0.2) is 0 Å². The second-order valence-corrected chi connectivity index (χ2v) is 9.54. The number of aliphatic hydroxyl groups excluding tert-OH is 1. The van der Waals surface area contributed by atoms with Gasteiger partial charge in [0.2, 0.25) is 11.8 Å². The van der Waals surface area contributed by atoms with E-state index in [0.29, 0.717) is 40.5 Å². The first kappa shape index (κ1) is 25.9. The summed E-state index contributed by atoms with van der Waals surface area (Å²) < 4.78 is 13.0. The van der Waals surface area contributed by atoms with Gasteiger partial charge in [-0.15, -0.1) is 0 Å². The van der Waals surface area contributed by atoms with E-state index in [-0.39, 0.29) is 17.8 Å². The quantitative estimate of drug-likeness (QED) is 0.245. The summed E-state index contributed by atoms with van der Waals surface area (Å²) in [6, 6.07) is 16.2. The van der Waals surface area contributed by atoms with Crippen molar-refractivity contribution in [3.8, 4) is 17.4 Å². The number of rotatable bonds is 11. The number of fused-ring (bicyclic) bond motifs is 1. The third kappa shape index (κ3) is 6.54. The fourth-order valence-corrected chi connectivity index (χ4v) is 3.98. The van der Waals surface area contributed by atoms with E-state index >= 15 is 0 Å². The van der Waals surface area contributed by atoms with Crippen LogP contribution in [0.3, 0.4) is 0 Å². The van der Waals surface area contributed by atoms with Gasteiger partial charge in [0, 0.05) is 31.4 Å². The Morgan fingerprint density at radius 3 is 2.62 bits per heavy atom. The average molecular weight is 506 g/mol. The molecule has 0 saturated carbocycles. The monoisotopic (exact) mass is 505 g/mol. The number of nitrogens with one attached hydrogen (secondary N) is 2. The Labute approximate surface area is 214 Å². The molecule has 0 radical (unpaired) electrons. The highest BCUT2D eigenvalue weighted by Crippen LogP contribution is 2.24. The summed E-state index contributed by atoms with van der Waals surface area (Å²) in [5.41, 5.74) is 7.48. The molecule has 1 amide bonds. The normalized spacial score (nSPS) is 12.4. The fraction of sp³-hybridized carbons (Fsp3) is 0.296. The van der Waals surface area contributed by atoms with Gasteiger partial charge in [0.1, 0.15) is 29.7 Å². The molecular formula is C27H31N5O5. The number of amides is 1. The molecule has 2 aromatic heterocycles. The number of nitrogens with two attached hydrogens (primary N) is 1. The van der Waals surface area contributed by atoms with Gasteiger partial charge in [-0.05, 0) is 56.2 Å². The molecule has 37 heavy (non-hydrogen) atoms. The minimum absolute atomic E-state index is 0.0854. The Balaban J connectivity index is 1.27. The van der Waals surface area contributed by atoms with E-state index in [1.807, 2.05) is 30.3 Å². The van der Waals surface area contributed by atoms with Crippen molar-refractivity contribution >= 4 is 16.9 Å². The van der Waals surface area contributed by atoms with Crippen LogP contribution in [0.15, 0.2) is 65.6 Å².